The van der Waals surface area contributed by atoms with E-state index in [-0.39, 0.29) is 41.4 Å². The Morgan fingerprint density at radius 2 is 1.95 bits per heavy atom. The average molecular weight is 512 g/mol. The lowest BCUT2D eigenvalue weighted by molar-refractivity contribution is 0.496. The molecule has 2 N–H and O–H groups in total. The molecule has 1 atom stereocenters. The topological polar surface area (TPSA) is 115 Å². The van der Waals surface area contributed by atoms with Gasteiger partial charge in [0.1, 0.15) is 5.82 Å². The summed E-state index contributed by atoms with van der Waals surface area (Å²) in [7, 11) is 0. The highest BCUT2D eigenvalue weighted by atomic mass is 19.1. The largest absolute Gasteiger partial charge is 0.341 e. The number of nitriles is 1. The summed E-state index contributed by atoms with van der Waals surface area (Å²) in [6, 6.07) is 14.5. The number of piperidine rings is 1. The molecule has 0 aliphatic carbocycles. The number of imidazole rings is 1. The quantitative estimate of drug-likeness (QED) is 0.412. The Labute approximate surface area is 218 Å². The van der Waals surface area contributed by atoms with Crippen LogP contribution in [0.1, 0.15) is 30.9 Å². The molecule has 0 amide bonds. The first-order chi connectivity index (χ1) is 18.4. The monoisotopic (exact) mass is 511 g/mol. The second-order valence-electron chi connectivity index (χ2n) is 9.20. The van der Waals surface area contributed by atoms with Crippen molar-refractivity contribution in [3.05, 3.63) is 86.3 Å². The lowest BCUT2D eigenvalue weighted by atomic mass is 10.1. The third-order valence-electron chi connectivity index (χ3n) is 6.70. The molecule has 192 valence electrons. The van der Waals surface area contributed by atoms with Gasteiger partial charge >= 0.3 is 5.69 Å². The first-order valence-corrected chi connectivity index (χ1v) is 12.3. The van der Waals surface area contributed by atoms with Gasteiger partial charge in [0, 0.05) is 19.1 Å². The molecule has 10 heteroatoms. The predicted molar refractivity (Wildman–Crippen MR) is 143 cm³/mol. The number of rotatable bonds is 5. The fraction of sp³-hybridized carbons (Fsp3) is 0.286. The van der Waals surface area contributed by atoms with Crippen LogP contribution in [0, 0.1) is 29.0 Å². The molecule has 0 radical (unpaired) electrons. The highest BCUT2D eigenvalue weighted by Crippen LogP contribution is 2.24. The zero-order chi connectivity index (χ0) is 26.8. The van der Waals surface area contributed by atoms with Crippen molar-refractivity contribution in [2.24, 2.45) is 5.73 Å². The van der Waals surface area contributed by atoms with Gasteiger partial charge in [-0.3, -0.25) is 13.9 Å². The lowest BCUT2D eigenvalue weighted by Gasteiger charge is -2.31. The smallest absolute Gasteiger partial charge is 0.337 e. The van der Waals surface area contributed by atoms with E-state index in [1.54, 1.807) is 35.8 Å². The van der Waals surface area contributed by atoms with Crippen LogP contribution in [0.2, 0.25) is 0 Å². The SMILES string of the molecule is CC#CCn1c(N2CCC[C@@H](N)C2)nc2c1c(=O)n(Cc1cc(F)ccc1C#N)c(=O)n2-c1ccccc1. The molecule has 5 rings (SSSR count). The summed E-state index contributed by atoms with van der Waals surface area (Å²) < 4.78 is 18.2. The van der Waals surface area contributed by atoms with Gasteiger partial charge in [0.25, 0.3) is 5.56 Å². The first kappa shape index (κ1) is 25.0. The van der Waals surface area contributed by atoms with E-state index < -0.39 is 17.1 Å². The van der Waals surface area contributed by atoms with E-state index in [0.29, 0.717) is 24.7 Å². The molecule has 1 fully saturated rings. The highest BCUT2D eigenvalue weighted by Gasteiger charge is 2.27. The number of fused-ring (bicyclic) bond motifs is 1. The first-order valence-electron chi connectivity index (χ1n) is 12.3. The molecule has 1 saturated heterocycles. The summed E-state index contributed by atoms with van der Waals surface area (Å²) in [5.74, 6) is 5.83. The van der Waals surface area contributed by atoms with Gasteiger partial charge in [-0.15, -0.1) is 5.92 Å². The Morgan fingerprint density at radius 1 is 1.16 bits per heavy atom. The maximum absolute atomic E-state index is 14.1. The molecular weight excluding hydrogens is 485 g/mol. The summed E-state index contributed by atoms with van der Waals surface area (Å²) in [6.07, 6.45) is 1.76. The molecule has 0 saturated carbocycles. The lowest BCUT2D eigenvalue weighted by Crippen LogP contribution is -2.44. The molecule has 2 aromatic carbocycles. The summed E-state index contributed by atoms with van der Waals surface area (Å²) in [6.45, 7) is 2.87. The molecule has 0 spiro atoms. The molecule has 38 heavy (non-hydrogen) atoms. The van der Waals surface area contributed by atoms with Crippen LogP contribution in [0.5, 0.6) is 0 Å². The summed E-state index contributed by atoms with van der Waals surface area (Å²) in [4.78, 5) is 34.7. The van der Waals surface area contributed by atoms with Crippen molar-refractivity contribution >= 4 is 17.1 Å². The maximum atomic E-state index is 14.1. The van der Waals surface area contributed by atoms with Crippen molar-refractivity contribution in [3.8, 4) is 23.6 Å². The highest BCUT2D eigenvalue weighted by molar-refractivity contribution is 5.77. The minimum absolute atomic E-state index is 0.0420. The Hall–Kier alpha value is -4.67. The van der Waals surface area contributed by atoms with Crippen LogP contribution < -0.4 is 21.9 Å². The maximum Gasteiger partial charge on any atom is 0.337 e. The second-order valence-corrected chi connectivity index (χ2v) is 9.20. The Bertz CT molecular complexity index is 1740. The second kappa shape index (κ2) is 10.4. The predicted octanol–water partition coefficient (Wildman–Crippen LogP) is 2.36. The molecule has 1 aliphatic rings. The van der Waals surface area contributed by atoms with Gasteiger partial charge in [-0.1, -0.05) is 24.1 Å². The zero-order valence-electron chi connectivity index (χ0n) is 20.9. The van der Waals surface area contributed by atoms with Gasteiger partial charge in [0.05, 0.1) is 30.4 Å². The minimum atomic E-state index is -0.644. The molecule has 2 aromatic heterocycles. The fourth-order valence-electron chi connectivity index (χ4n) is 4.88. The Morgan fingerprint density at radius 3 is 2.66 bits per heavy atom. The summed E-state index contributed by atoms with van der Waals surface area (Å²) in [5, 5.41) is 9.55. The summed E-state index contributed by atoms with van der Waals surface area (Å²) >= 11 is 0. The number of para-hydroxylation sites is 1. The van der Waals surface area contributed by atoms with E-state index in [1.807, 2.05) is 17.0 Å². The van der Waals surface area contributed by atoms with E-state index in [1.165, 1.54) is 22.8 Å². The van der Waals surface area contributed by atoms with Crippen LogP contribution in [0.15, 0.2) is 58.1 Å². The number of hydrogen-bond donors (Lipinski definition) is 1. The Balaban J connectivity index is 1.84. The van der Waals surface area contributed by atoms with Gasteiger partial charge < -0.3 is 10.6 Å². The van der Waals surface area contributed by atoms with Crippen LogP contribution >= 0.6 is 0 Å². The van der Waals surface area contributed by atoms with Crippen molar-refractivity contribution < 1.29 is 4.39 Å². The van der Waals surface area contributed by atoms with Crippen molar-refractivity contribution in [3.63, 3.8) is 0 Å². The molecule has 3 heterocycles. The molecule has 0 unspecified atom stereocenters. The zero-order valence-corrected chi connectivity index (χ0v) is 20.9. The van der Waals surface area contributed by atoms with Gasteiger partial charge in [-0.25, -0.2) is 13.8 Å². The standard InChI is InChI=1S/C28H26FN7O2/c1-2-3-14-34-24-25(32-27(34)33-13-7-8-22(31)18-33)36(23-9-5-4-6-10-23)28(38)35(26(24)37)17-20-15-21(29)12-11-19(20)16-30/h4-6,9-12,15,22H,7-8,13-14,17-18,31H2,1H3/t22-/m1/s1. The van der Waals surface area contributed by atoms with Crippen LogP contribution in [0.4, 0.5) is 10.3 Å². The molecule has 0 bridgehead atoms. The number of benzene rings is 2. The third kappa shape index (κ3) is 4.47. The van der Waals surface area contributed by atoms with E-state index >= 15 is 0 Å². The number of hydrogen-bond acceptors (Lipinski definition) is 6. The van der Waals surface area contributed by atoms with Crippen LogP contribution in [0.25, 0.3) is 16.9 Å². The molecule has 4 aromatic rings. The third-order valence-corrected chi connectivity index (χ3v) is 6.70. The number of nitrogens with two attached hydrogens (primary N) is 1. The van der Waals surface area contributed by atoms with Crippen LogP contribution in [0.3, 0.4) is 0 Å². The van der Waals surface area contributed by atoms with Crippen molar-refractivity contribution in [2.75, 3.05) is 18.0 Å². The Kier molecular flexibility index (Phi) is 6.82. The fourth-order valence-corrected chi connectivity index (χ4v) is 4.88. The van der Waals surface area contributed by atoms with E-state index in [2.05, 4.69) is 11.8 Å². The van der Waals surface area contributed by atoms with Crippen molar-refractivity contribution in [2.45, 2.75) is 38.9 Å². The van der Waals surface area contributed by atoms with Gasteiger partial charge in [0.15, 0.2) is 11.2 Å². The van der Waals surface area contributed by atoms with Crippen LogP contribution in [-0.4, -0.2) is 37.8 Å². The van der Waals surface area contributed by atoms with Crippen molar-refractivity contribution in [1.29, 1.82) is 5.26 Å². The summed E-state index contributed by atoms with van der Waals surface area (Å²) in [5.41, 5.74) is 6.33. The molecule has 1 aliphatic heterocycles. The number of anilines is 1. The van der Waals surface area contributed by atoms with Crippen molar-refractivity contribution in [1.82, 2.24) is 18.7 Å². The number of aromatic nitrogens is 4. The van der Waals surface area contributed by atoms with Crippen LogP contribution in [-0.2, 0) is 13.1 Å². The van der Waals surface area contributed by atoms with Gasteiger partial charge in [-0.05, 0) is 55.7 Å². The van der Waals surface area contributed by atoms with Gasteiger partial charge in [-0.2, -0.15) is 10.2 Å². The van der Waals surface area contributed by atoms with E-state index in [0.717, 1.165) is 17.4 Å². The van der Waals surface area contributed by atoms with E-state index in [9.17, 15) is 19.2 Å². The number of halogens is 1. The molecular formula is C28H26FN7O2. The normalized spacial score (nSPS) is 15.2. The minimum Gasteiger partial charge on any atom is -0.341 e. The number of nitrogens with zero attached hydrogens (tertiary/aromatic N) is 6. The molecule has 9 nitrogen and oxygen atoms in total. The average Bonchev–Trinajstić information content (AvgIpc) is 3.30. The van der Waals surface area contributed by atoms with E-state index in [4.69, 9.17) is 10.7 Å². The van der Waals surface area contributed by atoms with Gasteiger partial charge in [0.2, 0.25) is 5.95 Å².